The average molecular weight is 394 g/mol. The van der Waals surface area contributed by atoms with Crippen molar-refractivity contribution >= 4 is 23.3 Å². The molecule has 2 aromatic rings. The van der Waals surface area contributed by atoms with Crippen LogP contribution < -0.4 is 4.41 Å². The van der Waals surface area contributed by atoms with Crippen LogP contribution >= 0.6 is 11.9 Å². The molecule has 1 aromatic heterocycles. The van der Waals surface area contributed by atoms with Crippen LogP contribution in [0.2, 0.25) is 0 Å². The number of rotatable bonds is 2. The first-order chi connectivity index (χ1) is 12.0. The molecule has 0 atom stereocenters. The van der Waals surface area contributed by atoms with E-state index >= 15 is 0 Å². The number of aryl methyl sites for hydroxylation is 1. The average Bonchev–Trinajstić information content (AvgIpc) is 3.12. The Morgan fingerprint density at radius 3 is 2.19 bits per heavy atom. The molecule has 0 bridgehead atoms. The van der Waals surface area contributed by atoms with Crippen LogP contribution in [-0.4, -0.2) is 21.2 Å². The Kier molecular flexibility index (Phi) is 4.45. The van der Waals surface area contributed by atoms with Crippen LogP contribution in [-0.2, 0) is 12.4 Å². The van der Waals surface area contributed by atoms with E-state index in [1.807, 2.05) is 6.92 Å². The maximum atomic E-state index is 13.1. The Morgan fingerprint density at radius 1 is 1.00 bits per heavy atom. The number of hydrogen-bond donors (Lipinski definition) is 0. The minimum Gasteiger partial charge on any atom is -0.228 e. The Balaban J connectivity index is 2.06. The quantitative estimate of drug-likeness (QED) is 0.527. The van der Waals surface area contributed by atoms with Crippen LogP contribution in [0.15, 0.2) is 29.4 Å². The van der Waals surface area contributed by atoms with E-state index in [-0.39, 0.29) is 16.4 Å². The molecule has 0 aliphatic carbocycles. The predicted molar refractivity (Wildman–Crippen MR) is 86.4 cm³/mol. The third-order valence-corrected chi connectivity index (χ3v) is 4.65. The van der Waals surface area contributed by atoms with Crippen molar-refractivity contribution in [2.24, 2.45) is 5.10 Å². The summed E-state index contributed by atoms with van der Waals surface area (Å²) in [5.74, 6) is 0.688. The fourth-order valence-corrected chi connectivity index (χ4v) is 3.30. The molecule has 0 amide bonds. The first kappa shape index (κ1) is 18.6. The number of halogens is 6. The topological polar surface area (TPSA) is 33.4 Å². The maximum absolute atomic E-state index is 13.1. The van der Waals surface area contributed by atoms with E-state index in [9.17, 15) is 26.3 Å². The zero-order valence-corrected chi connectivity index (χ0v) is 14.3. The summed E-state index contributed by atoms with van der Waals surface area (Å²) in [6, 6.07) is 4.15. The van der Waals surface area contributed by atoms with Crippen molar-refractivity contribution in [3.05, 3.63) is 41.2 Å². The highest BCUT2D eigenvalue weighted by molar-refractivity contribution is 8.01. The molecule has 1 aromatic carbocycles. The van der Waals surface area contributed by atoms with Crippen molar-refractivity contribution < 1.29 is 26.3 Å². The van der Waals surface area contributed by atoms with Crippen LogP contribution in [0.5, 0.6) is 0 Å². The van der Waals surface area contributed by atoms with Crippen LogP contribution in [0.25, 0.3) is 5.69 Å². The standard InChI is InChI=1S/C15H12F6N4S/c1-8-5-10(3-4-11(8)25-22-9(2)7-26-25)24-13(15(19,20)21)6-12(23-24)14(16,17)18/h3-6H,7H2,1-2H3. The summed E-state index contributed by atoms with van der Waals surface area (Å²) in [4.78, 5) is 0. The highest BCUT2D eigenvalue weighted by atomic mass is 32.2. The monoisotopic (exact) mass is 394 g/mol. The smallest absolute Gasteiger partial charge is 0.228 e. The predicted octanol–water partition coefficient (Wildman–Crippen LogP) is 5.06. The van der Waals surface area contributed by atoms with Gasteiger partial charge < -0.3 is 0 Å². The molecule has 3 rings (SSSR count). The Morgan fingerprint density at radius 2 is 1.69 bits per heavy atom. The van der Waals surface area contributed by atoms with Gasteiger partial charge in [0.1, 0.15) is 5.69 Å². The maximum Gasteiger partial charge on any atom is 0.435 e. The number of nitrogens with zero attached hydrogens (tertiary/aromatic N) is 4. The SMILES string of the molecule is CC1=NN(c2ccc(-n3nc(C(F)(F)F)cc3C(F)(F)F)cc2C)SC1. The highest BCUT2D eigenvalue weighted by Gasteiger charge is 2.42. The number of hydrogen-bond acceptors (Lipinski definition) is 4. The summed E-state index contributed by atoms with van der Waals surface area (Å²) < 4.78 is 79.7. The molecule has 0 radical (unpaired) electrons. The highest BCUT2D eigenvalue weighted by Crippen LogP contribution is 2.37. The van der Waals surface area contributed by atoms with Gasteiger partial charge in [-0.15, -0.1) is 0 Å². The summed E-state index contributed by atoms with van der Waals surface area (Å²) in [5.41, 5.74) is -1.10. The van der Waals surface area contributed by atoms with Gasteiger partial charge in [0, 0.05) is 11.8 Å². The van der Waals surface area contributed by atoms with Gasteiger partial charge in [-0.1, -0.05) is 0 Å². The van der Waals surface area contributed by atoms with Crippen molar-refractivity contribution in [3.63, 3.8) is 0 Å². The molecule has 0 saturated heterocycles. The molecule has 140 valence electrons. The van der Waals surface area contributed by atoms with Gasteiger partial charge in [0.25, 0.3) is 0 Å². The number of hydrazone groups is 1. The molecule has 0 spiro atoms. The molecule has 1 aliphatic rings. The largest absolute Gasteiger partial charge is 0.435 e. The van der Waals surface area contributed by atoms with Gasteiger partial charge in [0.2, 0.25) is 0 Å². The molecule has 2 heterocycles. The lowest BCUT2D eigenvalue weighted by atomic mass is 10.2. The van der Waals surface area contributed by atoms with E-state index in [1.165, 1.54) is 30.1 Å². The minimum atomic E-state index is -4.98. The third-order valence-electron chi connectivity index (χ3n) is 3.58. The summed E-state index contributed by atoms with van der Waals surface area (Å²) in [7, 11) is 0. The number of benzene rings is 1. The molecule has 11 heteroatoms. The molecule has 1 aliphatic heterocycles. The Hall–Kier alpha value is -2.17. The molecule has 4 nitrogen and oxygen atoms in total. The fraction of sp³-hybridized carbons (Fsp3) is 0.333. The molecule has 0 N–H and O–H groups in total. The lowest BCUT2D eigenvalue weighted by Gasteiger charge is -2.17. The van der Waals surface area contributed by atoms with Crippen LogP contribution in [0.3, 0.4) is 0 Å². The molecule has 0 unspecified atom stereocenters. The Bertz CT molecular complexity index is 868. The second kappa shape index (κ2) is 6.22. The van der Waals surface area contributed by atoms with Crippen molar-refractivity contribution in [3.8, 4) is 5.69 Å². The van der Waals surface area contributed by atoms with E-state index < -0.39 is 23.7 Å². The van der Waals surface area contributed by atoms with Crippen LogP contribution in [0.4, 0.5) is 32.0 Å². The van der Waals surface area contributed by atoms with Gasteiger partial charge in [-0.25, -0.2) is 9.10 Å². The lowest BCUT2D eigenvalue weighted by molar-refractivity contribution is -0.143. The minimum absolute atomic E-state index is 0.00716. The van der Waals surface area contributed by atoms with Crippen molar-refractivity contribution in [1.29, 1.82) is 0 Å². The van der Waals surface area contributed by atoms with Gasteiger partial charge in [0.15, 0.2) is 5.69 Å². The fourth-order valence-electron chi connectivity index (χ4n) is 2.40. The van der Waals surface area contributed by atoms with E-state index in [1.54, 1.807) is 11.3 Å². The van der Waals surface area contributed by atoms with Crippen molar-refractivity contribution in [1.82, 2.24) is 9.78 Å². The number of alkyl halides is 6. The lowest BCUT2D eigenvalue weighted by Crippen LogP contribution is -2.14. The first-order valence-electron chi connectivity index (χ1n) is 7.29. The third kappa shape index (κ3) is 3.53. The van der Waals surface area contributed by atoms with E-state index in [2.05, 4.69) is 10.2 Å². The van der Waals surface area contributed by atoms with Gasteiger partial charge >= 0.3 is 12.4 Å². The van der Waals surface area contributed by atoms with Gasteiger partial charge in [-0.2, -0.15) is 36.5 Å². The summed E-state index contributed by atoms with van der Waals surface area (Å²) in [6.45, 7) is 3.48. The van der Waals surface area contributed by atoms with Crippen LogP contribution in [0, 0.1) is 6.92 Å². The summed E-state index contributed by atoms with van der Waals surface area (Å²) in [6.07, 6.45) is -9.95. The number of anilines is 1. The van der Waals surface area contributed by atoms with E-state index in [0.717, 1.165) is 5.71 Å². The van der Waals surface area contributed by atoms with E-state index in [0.29, 0.717) is 17.0 Å². The zero-order chi connectivity index (χ0) is 19.3. The zero-order valence-electron chi connectivity index (χ0n) is 13.5. The summed E-state index contributed by atoms with van der Waals surface area (Å²) in [5, 5.41) is 7.40. The van der Waals surface area contributed by atoms with Gasteiger partial charge in [-0.05, 0) is 49.6 Å². The molecule has 0 saturated carbocycles. The summed E-state index contributed by atoms with van der Waals surface area (Å²) >= 11 is 1.41. The molecule has 26 heavy (non-hydrogen) atoms. The normalized spacial score (nSPS) is 15.5. The van der Waals surface area contributed by atoms with Crippen molar-refractivity contribution in [2.45, 2.75) is 26.2 Å². The van der Waals surface area contributed by atoms with Gasteiger partial charge in [0.05, 0.1) is 17.1 Å². The van der Waals surface area contributed by atoms with Gasteiger partial charge in [-0.3, -0.25) is 0 Å². The second-order valence-corrected chi connectivity index (χ2v) is 6.57. The molecular formula is C15H12F6N4S. The van der Waals surface area contributed by atoms with Crippen molar-refractivity contribution in [2.75, 3.05) is 10.2 Å². The number of aromatic nitrogens is 2. The Labute approximate surface area is 148 Å². The molecule has 0 fully saturated rings. The second-order valence-electron chi connectivity index (χ2n) is 5.67. The van der Waals surface area contributed by atoms with Crippen LogP contribution in [0.1, 0.15) is 23.9 Å². The molecular weight excluding hydrogens is 382 g/mol. The first-order valence-corrected chi connectivity index (χ1v) is 8.23. The van der Waals surface area contributed by atoms with E-state index in [4.69, 9.17) is 0 Å².